The minimum absolute atomic E-state index is 0.114. The van der Waals surface area contributed by atoms with Gasteiger partial charge in [0.05, 0.1) is 39.6 Å². The van der Waals surface area contributed by atoms with Crippen LogP contribution in [-0.2, 0) is 0 Å². The molecule has 0 aliphatic carbocycles. The molecule has 23 heteroatoms. The smallest absolute Gasteiger partial charge is 0.321 e. The molecule has 21 nitrogen and oxygen atoms in total. The van der Waals surface area contributed by atoms with Crippen LogP contribution >= 0.6 is 31.9 Å². The van der Waals surface area contributed by atoms with Crippen molar-refractivity contribution >= 4 is 67.0 Å². The van der Waals surface area contributed by atoms with Crippen LogP contribution in [0.5, 0.6) is 17.2 Å². The molecule has 112 heavy (non-hydrogen) atoms. The highest BCUT2D eigenvalue weighted by Crippen LogP contribution is 2.46. The Balaban J connectivity index is 0.000000159. The van der Waals surface area contributed by atoms with Crippen LogP contribution in [0.1, 0.15) is 70.4 Å². The Morgan fingerprint density at radius 2 is 0.723 bits per heavy atom. The van der Waals surface area contributed by atoms with Gasteiger partial charge in [0.1, 0.15) is 17.2 Å². The Morgan fingerprint density at radius 1 is 0.429 bits per heavy atom. The van der Waals surface area contributed by atoms with E-state index in [9.17, 15) is 29.7 Å². The summed E-state index contributed by atoms with van der Waals surface area (Å²) in [4.78, 5) is 56.6. The van der Waals surface area contributed by atoms with Crippen LogP contribution in [0.3, 0.4) is 0 Å². The Hall–Kier alpha value is -9.31. The zero-order valence-corrected chi connectivity index (χ0v) is 68.1. The van der Waals surface area contributed by atoms with Crippen LogP contribution < -0.4 is 35.9 Å². The number of methoxy groups -OCH3 is 3. The number of benzene rings is 8. The van der Waals surface area contributed by atoms with Gasteiger partial charge in [0, 0.05) is 175 Å². The number of rotatable bonds is 14. The molecule has 0 radical (unpaired) electrons. The maximum Gasteiger partial charge on any atom is 0.321 e. The summed E-state index contributed by atoms with van der Waals surface area (Å²) in [6.07, 6.45) is 5.32. The van der Waals surface area contributed by atoms with Crippen molar-refractivity contribution in [3.05, 3.63) is 249 Å². The number of nitrogens with zero attached hydrogens (tertiary/aromatic N) is 8. The van der Waals surface area contributed by atoms with Crippen LogP contribution in [0.2, 0.25) is 0 Å². The average molecular weight is 1650 g/mol. The van der Waals surface area contributed by atoms with Gasteiger partial charge < -0.3 is 75.7 Å². The summed E-state index contributed by atoms with van der Waals surface area (Å²) < 4.78 is 17.7. The van der Waals surface area contributed by atoms with E-state index in [1.54, 1.807) is 21.3 Å². The highest BCUT2D eigenvalue weighted by molar-refractivity contribution is 9.10. The first-order valence-electron chi connectivity index (χ1n) is 38.3. The van der Waals surface area contributed by atoms with Gasteiger partial charge in [-0.25, -0.2) is 14.4 Å². The molecule has 6 amide bonds. The summed E-state index contributed by atoms with van der Waals surface area (Å²) in [6, 6.07) is 67.5. The van der Waals surface area contributed by atoms with E-state index in [0.29, 0.717) is 108 Å². The van der Waals surface area contributed by atoms with E-state index in [4.69, 9.17) is 26.4 Å². The van der Waals surface area contributed by atoms with Crippen molar-refractivity contribution in [1.82, 2.24) is 39.2 Å². The molecule has 8 aromatic carbocycles. The van der Waals surface area contributed by atoms with Crippen molar-refractivity contribution in [3.8, 4) is 41.4 Å². The predicted molar refractivity (Wildman–Crippen MR) is 451 cm³/mol. The van der Waals surface area contributed by atoms with E-state index < -0.39 is 18.3 Å². The number of aliphatic hydroxyl groups excluding tert-OH is 3. The van der Waals surface area contributed by atoms with Gasteiger partial charge in [-0.15, -0.1) is 6.42 Å². The van der Waals surface area contributed by atoms with Crippen molar-refractivity contribution < 1.29 is 43.9 Å². The topological polar surface area (TPSA) is 228 Å². The second kappa shape index (κ2) is 40.4. The monoisotopic (exact) mass is 1640 g/mol. The van der Waals surface area contributed by atoms with E-state index in [0.717, 1.165) is 61.7 Å². The van der Waals surface area contributed by atoms with Crippen molar-refractivity contribution in [1.29, 1.82) is 0 Å². The fraction of sp³-hybridized carbons (Fsp3) is 0.382. The predicted octanol–water partition coefficient (Wildman–Crippen LogP) is 12.1. The first-order chi connectivity index (χ1) is 54.2. The van der Waals surface area contributed by atoms with E-state index in [1.807, 2.05) is 160 Å². The first kappa shape index (κ1) is 83.6. The zero-order chi connectivity index (χ0) is 79.4. The van der Waals surface area contributed by atoms with Crippen molar-refractivity contribution in [2.24, 2.45) is 5.73 Å². The summed E-state index contributed by atoms with van der Waals surface area (Å²) >= 11 is 7.04. The van der Waals surface area contributed by atoms with Gasteiger partial charge in [-0.05, 0) is 198 Å². The molecular formula is C89H106Br2N12O9. The second-order valence-corrected chi connectivity index (χ2v) is 31.7. The summed E-state index contributed by atoms with van der Waals surface area (Å²) in [7, 11) is 13.2. The second-order valence-electron chi connectivity index (χ2n) is 29.8. The number of nitrogens with two attached hydrogens (primary N) is 1. The summed E-state index contributed by atoms with van der Waals surface area (Å²) in [5, 5.41) is 41.1. The number of carbonyl (C=O) groups is 3. The summed E-state index contributed by atoms with van der Waals surface area (Å²) in [5.74, 6) is 12.0. The number of likely N-dealkylation sites (N-methyl/N-ethyl adjacent to an activating group) is 2. The third-order valence-corrected chi connectivity index (χ3v) is 22.9. The highest BCUT2D eigenvalue weighted by atomic mass is 79.9. The normalized spacial score (nSPS) is 23.5. The van der Waals surface area contributed by atoms with E-state index in [1.165, 1.54) is 16.7 Å². The largest absolute Gasteiger partial charge is 0.497 e. The molecule has 14 rings (SSSR count). The lowest BCUT2D eigenvalue weighted by atomic mass is 9.73. The first-order valence-corrected chi connectivity index (χ1v) is 39.9. The molecule has 8 aromatic rings. The lowest BCUT2D eigenvalue weighted by molar-refractivity contribution is -0.0735. The average Bonchev–Trinajstić information content (AvgIpc) is 0.753. The fourth-order valence-electron chi connectivity index (χ4n) is 16.1. The third-order valence-electron chi connectivity index (χ3n) is 21.8. The standard InChI is InChI=1S/C33H38N4O3.C25H33BrN4O3.C23H29BrN4O3.C8H6/c1-35(2)22-30-32(26-13-11-25(12-14-26)10-9-24-7-5-4-6-8-24)31-23-36(20-19-28(38)21-37(30)31)33(39)34-27-15-17-29(40-3)18-16-27;1-28(2)15-22-24(17-4-6-18(26)7-5-17)23-16-29(13-12-20(31)14-30(22)23)25(32)27-19-8-10-21(33-3)11-9-19;1-31-19-8-6-17(7-9-19)26-23(30)27-11-10-18(29)13-28-20(12-25)22(21(28)14-27)15-2-4-16(24)5-3-15;1-2-8-6-4-3-5-7-8/h4-8,11-18,28,30-32,38H,19-23H2,1-3H3,(H,34,39);4-11,20,22-24,31H,12-16H2,1-3H3,(H,27,32);2-9,18,20-22,29H,10-14,25H2,1H3,(H,26,30);1,3-7H/t28-,30+,31-,32-;20-,22+,23-,24-;18-,20+,21-,22-;/m000./s1. The number of carbonyl (C=O) groups excluding carboxylic acids is 3. The molecule has 0 saturated carbocycles. The van der Waals surface area contributed by atoms with Crippen molar-refractivity contribution in [2.75, 3.05) is 144 Å². The number of halogens is 2. The lowest BCUT2D eigenvalue weighted by Crippen LogP contribution is -2.70. The number of anilines is 3. The van der Waals surface area contributed by atoms with Gasteiger partial charge >= 0.3 is 18.1 Å². The van der Waals surface area contributed by atoms with Gasteiger partial charge in [-0.1, -0.05) is 122 Å². The molecule has 0 bridgehead atoms. The van der Waals surface area contributed by atoms with Crippen LogP contribution in [0.4, 0.5) is 31.4 Å². The number of fused-ring (bicyclic) bond motifs is 3. The van der Waals surface area contributed by atoms with Crippen LogP contribution in [0.15, 0.2) is 215 Å². The molecule has 6 aliphatic heterocycles. The number of amides is 6. The van der Waals surface area contributed by atoms with Gasteiger partial charge in [0.15, 0.2) is 0 Å². The minimum atomic E-state index is -0.487. The molecule has 6 heterocycles. The van der Waals surface area contributed by atoms with Gasteiger partial charge in [0.2, 0.25) is 0 Å². The maximum absolute atomic E-state index is 13.4. The van der Waals surface area contributed by atoms with Gasteiger partial charge in [-0.3, -0.25) is 14.7 Å². The van der Waals surface area contributed by atoms with E-state index in [2.05, 4.69) is 179 Å². The number of aliphatic hydroxyl groups is 3. The molecule has 6 saturated heterocycles. The number of terminal acetylenes is 1. The van der Waals surface area contributed by atoms with Crippen LogP contribution in [0, 0.1) is 24.2 Å². The van der Waals surface area contributed by atoms with Gasteiger partial charge in [-0.2, -0.15) is 0 Å². The molecular weight excluding hydrogens is 1540 g/mol. The Kier molecular flexibility index (Phi) is 30.2. The molecule has 0 aromatic heterocycles. The molecule has 0 spiro atoms. The van der Waals surface area contributed by atoms with Crippen LogP contribution in [-0.4, -0.2) is 255 Å². The quantitative estimate of drug-likeness (QED) is 0.0503. The Bertz CT molecular complexity index is 4410. The third kappa shape index (κ3) is 22.1. The van der Waals surface area contributed by atoms with E-state index in [-0.39, 0.29) is 60.1 Å². The SMILES string of the molecule is C#Cc1ccccc1.COc1ccc(NC(=O)N2CC[C@H](O)CN3[C@H](CN(C)C)[C@H](c4ccc(Br)cc4)[C@@H]3C2)cc1.COc1ccc(NC(=O)N2CC[C@H](O)CN3[C@H](CN(C)C)[C@H](c4ccc(C#Cc5ccccc5)cc4)[C@@H]3C2)cc1.COc1ccc(NC(=O)N2CC[C@H](O)CN3[C@H](CN)[C@H](c4ccc(Br)cc4)[C@@H]3C2)cc1. The number of urea groups is 3. The Morgan fingerprint density at radius 3 is 1.02 bits per heavy atom. The van der Waals surface area contributed by atoms with E-state index >= 15 is 0 Å². The lowest BCUT2D eigenvalue weighted by Gasteiger charge is -2.58. The molecule has 8 N–H and O–H groups in total. The molecule has 6 aliphatic rings. The highest BCUT2D eigenvalue weighted by Gasteiger charge is 2.53. The number of hydrogen-bond acceptors (Lipinski definition) is 15. The molecule has 6 fully saturated rings. The van der Waals surface area contributed by atoms with Crippen molar-refractivity contribution in [3.63, 3.8) is 0 Å². The Labute approximate surface area is 677 Å². The van der Waals surface area contributed by atoms with Crippen LogP contribution in [0.25, 0.3) is 0 Å². The number of hydrogen-bond donors (Lipinski definition) is 7. The molecule has 12 atom stereocenters. The zero-order valence-electron chi connectivity index (χ0n) is 64.9. The summed E-state index contributed by atoms with van der Waals surface area (Å²) in [6.45, 7) is 7.50. The van der Waals surface area contributed by atoms with Crippen molar-refractivity contribution in [2.45, 2.75) is 91.6 Å². The maximum atomic E-state index is 13.4. The van der Waals surface area contributed by atoms with Gasteiger partial charge in [0.25, 0.3) is 0 Å². The number of nitrogens with one attached hydrogen (secondary N) is 3. The molecule has 590 valence electrons. The molecule has 0 unspecified atom stereocenters. The summed E-state index contributed by atoms with van der Waals surface area (Å²) in [5.41, 5.74) is 14.9. The fourth-order valence-corrected chi connectivity index (χ4v) is 16.6. The number of ether oxygens (including phenoxy) is 3. The minimum Gasteiger partial charge on any atom is -0.497 e.